The minimum atomic E-state index is -5.50. The van der Waals surface area contributed by atoms with Crippen LogP contribution in [0.1, 0.15) is 22.8 Å². The molecule has 1 N–H and O–H groups in total. The van der Waals surface area contributed by atoms with Crippen LogP contribution in [0.2, 0.25) is 0 Å². The molecule has 13 heteroatoms. The van der Waals surface area contributed by atoms with Gasteiger partial charge in [-0.2, -0.15) is 13.2 Å². The van der Waals surface area contributed by atoms with Gasteiger partial charge in [0, 0.05) is 18.3 Å². The number of esters is 1. The Hall–Kier alpha value is -3.22. The van der Waals surface area contributed by atoms with Crippen molar-refractivity contribution in [2.45, 2.75) is 18.7 Å². The van der Waals surface area contributed by atoms with E-state index in [2.05, 4.69) is 4.74 Å². The number of nitrogens with zero attached hydrogens (tertiary/aromatic N) is 1. The van der Waals surface area contributed by atoms with Crippen LogP contribution in [0.15, 0.2) is 24.3 Å². The average molecular weight is 471 g/mol. The molecule has 0 radical (unpaired) electrons. The number of carbonyl (C=O) groups excluding carboxylic acids is 2. The Balaban J connectivity index is 2.48. The summed E-state index contributed by atoms with van der Waals surface area (Å²) in [5.41, 5.74) is -7.22. The first kappa shape index (κ1) is 25.0. The fourth-order valence-corrected chi connectivity index (χ4v) is 2.64. The van der Waals surface area contributed by atoms with Crippen molar-refractivity contribution in [3.05, 3.63) is 64.5 Å². The molecule has 1 unspecified atom stereocenters. The number of carbonyl (C=O) groups is 2. The van der Waals surface area contributed by atoms with Crippen LogP contribution in [0.25, 0.3) is 0 Å². The molecule has 174 valence electrons. The van der Waals surface area contributed by atoms with Gasteiger partial charge in [-0.3, -0.25) is 4.79 Å². The highest BCUT2D eigenvalue weighted by molar-refractivity contribution is 6.06. The lowest BCUT2D eigenvalue weighted by molar-refractivity contribution is -0.267. The fourth-order valence-electron chi connectivity index (χ4n) is 2.64. The molecule has 0 aliphatic rings. The molecule has 0 saturated carbocycles. The monoisotopic (exact) mass is 471 g/mol. The predicted molar refractivity (Wildman–Crippen MR) is 92.0 cm³/mol. The maximum Gasteiger partial charge on any atom is 0.432 e. The van der Waals surface area contributed by atoms with Crippen LogP contribution >= 0.6 is 0 Å². The average Bonchev–Trinajstić information content (AvgIpc) is 2.74. The van der Waals surface area contributed by atoms with Gasteiger partial charge in [0.05, 0.1) is 6.61 Å². The lowest BCUT2D eigenvalue weighted by Crippen LogP contribution is -2.50. The first-order valence-electron chi connectivity index (χ1n) is 8.56. The Kier molecular flexibility index (Phi) is 6.83. The van der Waals surface area contributed by atoms with E-state index in [0.29, 0.717) is 17.0 Å². The fraction of sp³-hybridized carbons (Fsp3) is 0.263. The van der Waals surface area contributed by atoms with Crippen molar-refractivity contribution in [1.29, 1.82) is 0 Å². The second-order valence-electron chi connectivity index (χ2n) is 6.28. The third-order valence-corrected chi connectivity index (χ3v) is 4.38. The Bertz CT molecular complexity index is 1030. The smallest absolute Gasteiger partial charge is 0.432 e. The van der Waals surface area contributed by atoms with E-state index >= 15 is 0 Å². The minimum Gasteiger partial charge on any atom is -0.463 e. The molecular weight excluding hydrogens is 458 g/mol. The molecule has 0 spiro atoms. The van der Waals surface area contributed by atoms with E-state index in [-0.39, 0.29) is 5.69 Å². The molecule has 0 aromatic heterocycles. The van der Waals surface area contributed by atoms with Gasteiger partial charge >= 0.3 is 12.1 Å². The number of halogens is 8. The molecule has 5 nitrogen and oxygen atoms in total. The minimum absolute atomic E-state index is 0.365. The number of hydrogen-bond donors (Lipinski definition) is 1. The number of alkyl halides is 3. The normalized spacial score (nSPS) is 13.5. The Labute approximate surface area is 174 Å². The zero-order valence-corrected chi connectivity index (χ0v) is 16.2. The van der Waals surface area contributed by atoms with Gasteiger partial charge in [0.2, 0.25) is 5.82 Å². The number of rotatable bonds is 5. The lowest BCUT2D eigenvalue weighted by atomic mass is 9.93. The van der Waals surface area contributed by atoms with E-state index in [4.69, 9.17) is 0 Å². The van der Waals surface area contributed by atoms with Crippen molar-refractivity contribution in [2.24, 2.45) is 0 Å². The molecule has 0 heterocycles. The second-order valence-corrected chi connectivity index (χ2v) is 6.28. The molecule has 1 amide bonds. The van der Waals surface area contributed by atoms with Gasteiger partial charge in [-0.25, -0.2) is 26.7 Å². The number of ether oxygens (including phenoxy) is 1. The van der Waals surface area contributed by atoms with E-state index < -0.39 is 70.5 Å². The van der Waals surface area contributed by atoms with Crippen molar-refractivity contribution in [1.82, 2.24) is 0 Å². The number of anilines is 1. The molecule has 32 heavy (non-hydrogen) atoms. The summed E-state index contributed by atoms with van der Waals surface area (Å²) >= 11 is 0. The topological polar surface area (TPSA) is 66.8 Å². The summed E-state index contributed by atoms with van der Waals surface area (Å²) in [5, 5.41) is 10.00. The molecule has 2 rings (SSSR count). The lowest BCUT2D eigenvalue weighted by Gasteiger charge is -2.29. The van der Waals surface area contributed by atoms with E-state index in [1.807, 2.05) is 0 Å². The van der Waals surface area contributed by atoms with Crippen molar-refractivity contribution in [3.63, 3.8) is 0 Å². The van der Waals surface area contributed by atoms with E-state index in [1.165, 1.54) is 6.92 Å². The van der Waals surface area contributed by atoms with Gasteiger partial charge in [-0.1, -0.05) is 12.1 Å². The third kappa shape index (κ3) is 3.99. The zero-order valence-electron chi connectivity index (χ0n) is 16.2. The summed E-state index contributed by atoms with van der Waals surface area (Å²) < 4.78 is 112. The van der Waals surface area contributed by atoms with Gasteiger partial charge in [0.1, 0.15) is 5.56 Å². The maximum atomic E-state index is 13.9. The first-order chi connectivity index (χ1) is 14.7. The van der Waals surface area contributed by atoms with Crippen LogP contribution in [0, 0.1) is 29.1 Å². The second kappa shape index (κ2) is 8.73. The highest BCUT2D eigenvalue weighted by Gasteiger charge is 2.62. The summed E-state index contributed by atoms with van der Waals surface area (Å²) in [6, 6.07) is 2.63. The molecular formula is C19H13F8NO4. The van der Waals surface area contributed by atoms with Crippen LogP contribution in [0.5, 0.6) is 0 Å². The van der Waals surface area contributed by atoms with Crippen LogP contribution < -0.4 is 4.90 Å². The SMILES string of the molecule is CCOC(=O)C(O)(c1ccc(N(C)C(=O)c2c(F)c(F)c(F)c(F)c2F)cc1)C(F)(F)F. The molecule has 0 bridgehead atoms. The number of benzene rings is 2. The van der Waals surface area contributed by atoms with Gasteiger partial charge in [0.15, 0.2) is 23.3 Å². The summed E-state index contributed by atoms with van der Waals surface area (Å²) in [6.45, 7) is 0.728. The Morgan fingerprint density at radius 3 is 1.75 bits per heavy atom. The first-order valence-corrected chi connectivity index (χ1v) is 8.56. The third-order valence-electron chi connectivity index (χ3n) is 4.38. The zero-order chi connectivity index (χ0) is 24.6. The highest BCUT2D eigenvalue weighted by atomic mass is 19.4. The predicted octanol–water partition coefficient (Wildman–Crippen LogP) is 3.97. The molecule has 0 aliphatic carbocycles. The molecule has 1 atom stereocenters. The Morgan fingerprint density at radius 2 is 1.34 bits per heavy atom. The largest absolute Gasteiger partial charge is 0.463 e. The number of hydrogen-bond acceptors (Lipinski definition) is 4. The van der Waals surface area contributed by atoms with Gasteiger partial charge in [-0.15, -0.1) is 0 Å². The van der Waals surface area contributed by atoms with Crippen molar-refractivity contribution >= 4 is 17.6 Å². The standard InChI is InChI=1S/C19H13F8NO4/c1-3-32-17(30)18(31,19(25,26)27)8-4-6-9(7-5-8)28(2)16(29)10-11(20)13(22)15(24)14(23)12(10)21/h4-7,31H,3H2,1-2H3. The van der Waals surface area contributed by atoms with E-state index in [0.717, 1.165) is 19.2 Å². The van der Waals surface area contributed by atoms with E-state index in [9.17, 15) is 49.8 Å². The molecule has 0 saturated heterocycles. The van der Waals surface area contributed by atoms with Gasteiger partial charge in [-0.05, 0) is 19.1 Å². The summed E-state index contributed by atoms with van der Waals surface area (Å²) in [7, 11) is 0.844. The number of aliphatic hydroxyl groups is 1. The van der Waals surface area contributed by atoms with Crippen LogP contribution in [0.4, 0.5) is 40.8 Å². The van der Waals surface area contributed by atoms with Crippen molar-refractivity contribution in [3.8, 4) is 0 Å². The van der Waals surface area contributed by atoms with Crippen LogP contribution in [-0.2, 0) is 15.1 Å². The molecule has 2 aromatic rings. The van der Waals surface area contributed by atoms with Crippen molar-refractivity contribution in [2.75, 3.05) is 18.6 Å². The Morgan fingerprint density at radius 1 is 0.906 bits per heavy atom. The summed E-state index contributed by atoms with van der Waals surface area (Å²) in [4.78, 5) is 24.5. The molecule has 0 fully saturated rings. The van der Waals surface area contributed by atoms with Gasteiger partial charge < -0.3 is 14.7 Å². The number of amides is 1. The maximum absolute atomic E-state index is 13.9. The van der Waals surface area contributed by atoms with Crippen LogP contribution in [0.3, 0.4) is 0 Å². The van der Waals surface area contributed by atoms with Crippen molar-refractivity contribution < 1.29 is 54.6 Å². The van der Waals surface area contributed by atoms with Crippen LogP contribution in [-0.4, -0.2) is 36.8 Å². The highest BCUT2D eigenvalue weighted by Crippen LogP contribution is 2.40. The quantitative estimate of drug-likeness (QED) is 0.310. The van der Waals surface area contributed by atoms with E-state index in [1.54, 1.807) is 0 Å². The molecule has 0 aliphatic heterocycles. The summed E-state index contributed by atoms with van der Waals surface area (Å²) in [5.74, 6) is -15.7. The summed E-state index contributed by atoms with van der Waals surface area (Å²) in [6.07, 6.45) is -5.50. The van der Waals surface area contributed by atoms with Gasteiger partial charge in [0.25, 0.3) is 11.5 Å². The molecule has 2 aromatic carbocycles.